The van der Waals surface area contributed by atoms with E-state index >= 15 is 0 Å². The molecule has 2 heteroatoms. The molecule has 0 aromatic carbocycles. The molecule has 2 nitrogen and oxygen atoms in total. The molecule has 2 rings (SSSR count). The molecule has 106 valence electrons. The minimum absolute atomic E-state index is 0.581. The van der Waals surface area contributed by atoms with Crippen LogP contribution < -0.4 is 5.73 Å². The first-order chi connectivity index (χ1) is 8.53. The molecule has 0 saturated heterocycles. The Labute approximate surface area is 113 Å². The molecule has 2 N–H and O–H groups in total. The van der Waals surface area contributed by atoms with Gasteiger partial charge in [0, 0.05) is 12.1 Å². The molecule has 0 aromatic heterocycles. The zero-order valence-corrected chi connectivity index (χ0v) is 12.6. The summed E-state index contributed by atoms with van der Waals surface area (Å²) in [7, 11) is 2.36. The maximum absolute atomic E-state index is 5.98. The van der Waals surface area contributed by atoms with Crippen molar-refractivity contribution in [3.63, 3.8) is 0 Å². The molecule has 2 aliphatic carbocycles. The lowest BCUT2D eigenvalue weighted by atomic mass is 9.74. The largest absolute Gasteiger partial charge is 0.330 e. The van der Waals surface area contributed by atoms with Gasteiger partial charge >= 0.3 is 0 Å². The summed E-state index contributed by atoms with van der Waals surface area (Å²) in [6, 6.07) is 1.57. The summed E-state index contributed by atoms with van der Waals surface area (Å²) < 4.78 is 0. The van der Waals surface area contributed by atoms with Gasteiger partial charge in [0.05, 0.1) is 0 Å². The van der Waals surface area contributed by atoms with Crippen LogP contribution >= 0.6 is 0 Å². The molecule has 2 aliphatic rings. The Hall–Kier alpha value is -0.0800. The van der Waals surface area contributed by atoms with Crippen LogP contribution in [0.2, 0.25) is 0 Å². The molecule has 0 aromatic rings. The molecule has 2 atom stereocenters. The number of hydrogen-bond donors (Lipinski definition) is 1. The maximum atomic E-state index is 5.98. The lowest BCUT2D eigenvalue weighted by Crippen LogP contribution is -2.49. The van der Waals surface area contributed by atoms with Crippen molar-refractivity contribution in [1.82, 2.24) is 4.90 Å². The molecular weight excluding hydrogens is 220 g/mol. The molecule has 2 fully saturated rings. The Kier molecular flexibility index (Phi) is 4.71. The molecular formula is C16H32N2. The fourth-order valence-electron chi connectivity index (χ4n) is 4.06. The fraction of sp³-hybridized carbons (Fsp3) is 1.00. The minimum atomic E-state index is 0.581. The van der Waals surface area contributed by atoms with E-state index in [1.54, 1.807) is 0 Å². The normalized spacial score (nSPS) is 33.8. The summed E-state index contributed by atoms with van der Waals surface area (Å²) in [6.07, 6.45) is 11.1. The van der Waals surface area contributed by atoms with E-state index in [1.165, 1.54) is 51.4 Å². The van der Waals surface area contributed by atoms with Crippen LogP contribution in [0.3, 0.4) is 0 Å². The van der Waals surface area contributed by atoms with Crippen LogP contribution in [0.15, 0.2) is 0 Å². The molecule has 0 heterocycles. The number of nitrogens with zero attached hydrogens (tertiary/aromatic N) is 1. The van der Waals surface area contributed by atoms with Crippen molar-refractivity contribution >= 4 is 0 Å². The Bertz CT molecular complexity index is 252. The van der Waals surface area contributed by atoms with Gasteiger partial charge in [0.2, 0.25) is 0 Å². The van der Waals surface area contributed by atoms with Crippen molar-refractivity contribution < 1.29 is 0 Å². The zero-order valence-electron chi connectivity index (χ0n) is 12.6. The van der Waals surface area contributed by atoms with Crippen molar-refractivity contribution in [2.75, 3.05) is 13.6 Å². The molecule has 0 bridgehead atoms. The highest BCUT2D eigenvalue weighted by Crippen LogP contribution is 2.38. The Morgan fingerprint density at radius 1 is 1.06 bits per heavy atom. The second-order valence-electron chi connectivity index (χ2n) is 7.41. The topological polar surface area (TPSA) is 29.3 Å². The van der Waals surface area contributed by atoms with Crippen LogP contribution in [0, 0.1) is 11.3 Å². The molecule has 0 amide bonds. The summed E-state index contributed by atoms with van der Waals surface area (Å²) in [5.74, 6) is 0.749. The SMILES string of the molecule is CN(C1CCC(C)(C)CC1)C1CCCCC1CN. The average molecular weight is 252 g/mol. The summed E-state index contributed by atoms with van der Waals surface area (Å²) >= 11 is 0. The van der Waals surface area contributed by atoms with Crippen LogP contribution in [0.25, 0.3) is 0 Å². The molecule has 0 aliphatic heterocycles. The van der Waals surface area contributed by atoms with E-state index in [9.17, 15) is 0 Å². The highest BCUT2D eigenvalue weighted by molar-refractivity contribution is 4.89. The summed E-state index contributed by atoms with van der Waals surface area (Å²) in [5, 5.41) is 0. The van der Waals surface area contributed by atoms with Crippen LogP contribution in [-0.4, -0.2) is 30.6 Å². The van der Waals surface area contributed by atoms with Gasteiger partial charge in [-0.15, -0.1) is 0 Å². The minimum Gasteiger partial charge on any atom is -0.330 e. The molecule has 2 saturated carbocycles. The van der Waals surface area contributed by atoms with E-state index in [-0.39, 0.29) is 0 Å². The van der Waals surface area contributed by atoms with E-state index in [0.29, 0.717) is 5.41 Å². The number of nitrogens with two attached hydrogens (primary N) is 1. The van der Waals surface area contributed by atoms with E-state index in [1.807, 2.05) is 0 Å². The Balaban J connectivity index is 1.92. The third-order valence-electron chi connectivity index (χ3n) is 5.58. The number of hydrogen-bond acceptors (Lipinski definition) is 2. The average Bonchev–Trinajstić information content (AvgIpc) is 2.38. The third-order valence-corrected chi connectivity index (χ3v) is 5.58. The molecule has 18 heavy (non-hydrogen) atoms. The van der Waals surface area contributed by atoms with Crippen molar-refractivity contribution in [1.29, 1.82) is 0 Å². The maximum Gasteiger partial charge on any atom is 0.0135 e. The van der Waals surface area contributed by atoms with Gasteiger partial charge in [-0.25, -0.2) is 0 Å². The lowest BCUT2D eigenvalue weighted by molar-refractivity contribution is 0.0518. The van der Waals surface area contributed by atoms with Gasteiger partial charge in [-0.3, -0.25) is 0 Å². The quantitative estimate of drug-likeness (QED) is 0.834. The van der Waals surface area contributed by atoms with Crippen molar-refractivity contribution in [3.8, 4) is 0 Å². The highest BCUT2D eigenvalue weighted by atomic mass is 15.2. The highest BCUT2D eigenvalue weighted by Gasteiger charge is 2.34. The first-order valence-electron chi connectivity index (χ1n) is 7.95. The summed E-state index contributed by atoms with van der Waals surface area (Å²) in [5.41, 5.74) is 6.56. The summed E-state index contributed by atoms with van der Waals surface area (Å²) in [6.45, 7) is 5.73. The second-order valence-corrected chi connectivity index (χ2v) is 7.41. The van der Waals surface area contributed by atoms with Gasteiger partial charge in [0.25, 0.3) is 0 Å². The zero-order chi connectivity index (χ0) is 13.2. The van der Waals surface area contributed by atoms with Crippen LogP contribution in [0.4, 0.5) is 0 Å². The Morgan fingerprint density at radius 3 is 2.28 bits per heavy atom. The first-order valence-corrected chi connectivity index (χ1v) is 7.95. The molecule has 0 radical (unpaired) electrons. The molecule has 2 unspecified atom stereocenters. The van der Waals surface area contributed by atoms with E-state index in [2.05, 4.69) is 25.8 Å². The fourth-order valence-corrected chi connectivity index (χ4v) is 4.06. The smallest absolute Gasteiger partial charge is 0.0135 e. The van der Waals surface area contributed by atoms with Gasteiger partial charge < -0.3 is 10.6 Å². The van der Waals surface area contributed by atoms with Gasteiger partial charge in [-0.05, 0) is 63.5 Å². The van der Waals surface area contributed by atoms with Gasteiger partial charge in [-0.1, -0.05) is 26.7 Å². The standard InChI is InChI=1S/C16H32N2/c1-16(2)10-8-14(9-11-16)18(3)15-7-5-4-6-13(15)12-17/h13-15H,4-12,17H2,1-3H3. The predicted octanol–water partition coefficient (Wildman–Crippen LogP) is 3.40. The van der Waals surface area contributed by atoms with Gasteiger partial charge in [0.1, 0.15) is 0 Å². The predicted molar refractivity (Wildman–Crippen MR) is 78.6 cm³/mol. The van der Waals surface area contributed by atoms with Crippen molar-refractivity contribution in [2.24, 2.45) is 17.1 Å². The van der Waals surface area contributed by atoms with E-state index in [4.69, 9.17) is 5.73 Å². The monoisotopic (exact) mass is 252 g/mol. The van der Waals surface area contributed by atoms with Crippen LogP contribution in [-0.2, 0) is 0 Å². The summed E-state index contributed by atoms with van der Waals surface area (Å²) in [4.78, 5) is 2.70. The van der Waals surface area contributed by atoms with E-state index in [0.717, 1.165) is 24.5 Å². The third kappa shape index (κ3) is 3.27. The lowest BCUT2D eigenvalue weighted by Gasteiger charge is -2.45. The van der Waals surface area contributed by atoms with Gasteiger partial charge in [0.15, 0.2) is 0 Å². The van der Waals surface area contributed by atoms with Crippen LogP contribution in [0.1, 0.15) is 65.2 Å². The van der Waals surface area contributed by atoms with E-state index < -0.39 is 0 Å². The molecule has 0 spiro atoms. The van der Waals surface area contributed by atoms with Crippen molar-refractivity contribution in [2.45, 2.75) is 77.3 Å². The van der Waals surface area contributed by atoms with Gasteiger partial charge in [-0.2, -0.15) is 0 Å². The Morgan fingerprint density at radius 2 is 1.67 bits per heavy atom. The van der Waals surface area contributed by atoms with Crippen LogP contribution in [0.5, 0.6) is 0 Å². The first kappa shape index (κ1) is 14.3. The number of rotatable bonds is 3. The second kappa shape index (κ2) is 5.92. The van der Waals surface area contributed by atoms with Crippen molar-refractivity contribution in [3.05, 3.63) is 0 Å².